The minimum atomic E-state index is -0.970. The third kappa shape index (κ3) is 3.63. The van der Waals surface area contributed by atoms with E-state index in [9.17, 15) is 5.11 Å². The van der Waals surface area contributed by atoms with Gasteiger partial charge in [-0.05, 0) is 62.4 Å². The summed E-state index contributed by atoms with van der Waals surface area (Å²) < 4.78 is 17.0. The van der Waals surface area contributed by atoms with E-state index in [-0.39, 0.29) is 23.2 Å². The zero-order valence-corrected chi connectivity index (χ0v) is 17.5. The van der Waals surface area contributed by atoms with Gasteiger partial charge in [0.15, 0.2) is 0 Å². The van der Waals surface area contributed by atoms with Gasteiger partial charge in [0.1, 0.15) is 11.9 Å². The number of hydrogen-bond acceptors (Lipinski definition) is 5. The summed E-state index contributed by atoms with van der Waals surface area (Å²) in [5.41, 5.74) is 3.20. The van der Waals surface area contributed by atoms with Crippen molar-refractivity contribution in [2.75, 3.05) is 0 Å². The van der Waals surface area contributed by atoms with E-state index in [1.807, 2.05) is 22.9 Å². The minimum absolute atomic E-state index is 0.0464. The lowest BCUT2D eigenvalue weighted by Crippen LogP contribution is -2.62. The van der Waals surface area contributed by atoms with Crippen molar-refractivity contribution in [3.8, 4) is 22.7 Å². The second kappa shape index (κ2) is 7.57. The highest BCUT2D eigenvalue weighted by molar-refractivity contribution is 5.70. The number of nitrogens with zero attached hydrogens (tertiary/aromatic N) is 4. The molecule has 31 heavy (non-hydrogen) atoms. The molecule has 5 rings (SSSR count). The number of benzene rings is 1. The van der Waals surface area contributed by atoms with Crippen molar-refractivity contribution in [1.29, 1.82) is 0 Å². The number of fused-ring (bicyclic) bond motifs is 2. The van der Waals surface area contributed by atoms with E-state index in [4.69, 9.17) is 0 Å². The molecule has 160 valence electrons. The van der Waals surface area contributed by atoms with Crippen molar-refractivity contribution in [3.05, 3.63) is 61.3 Å². The predicted octanol–water partition coefficient (Wildman–Crippen LogP) is 4.31. The third-order valence-electron chi connectivity index (χ3n) is 6.72. The van der Waals surface area contributed by atoms with Crippen LogP contribution in [0.1, 0.15) is 38.3 Å². The average molecular weight is 420 g/mol. The van der Waals surface area contributed by atoms with Crippen LogP contribution in [0, 0.1) is 5.92 Å². The molecule has 2 N–H and O–H groups in total. The van der Waals surface area contributed by atoms with Crippen LogP contribution < -0.4 is 5.32 Å². The second-order valence-electron chi connectivity index (χ2n) is 8.96. The molecule has 7 heteroatoms. The van der Waals surface area contributed by atoms with Crippen LogP contribution in [-0.2, 0) is 0 Å². The van der Waals surface area contributed by atoms with Gasteiger partial charge in [0.2, 0.25) is 0 Å². The minimum Gasteiger partial charge on any atom is -0.507 e. The number of phenols is 1. The maximum absolute atomic E-state index is 15.2. The van der Waals surface area contributed by atoms with Crippen LogP contribution >= 0.6 is 0 Å². The summed E-state index contributed by atoms with van der Waals surface area (Å²) in [6.07, 6.45) is 7.87. The van der Waals surface area contributed by atoms with Gasteiger partial charge in [-0.2, -0.15) is 5.10 Å². The number of aromatic hydroxyl groups is 1. The van der Waals surface area contributed by atoms with Crippen LogP contribution in [0.2, 0.25) is 0 Å². The van der Waals surface area contributed by atoms with E-state index in [1.165, 1.54) is 0 Å². The molecule has 4 heterocycles. The van der Waals surface area contributed by atoms with Gasteiger partial charge in [-0.1, -0.05) is 6.58 Å². The van der Waals surface area contributed by atoms with Crippen LogP contribution in [0.5, 0.6) is 5.75 Å². The molecule has 0 spiro atoms. The molecular formula is C24H26FN5O. The molecule has 0 unspecified atom stereocenters. The number of hydrogen-bond donors (Lipinski definition) is 2. The Labute approximate surface area is 180 Å². The topological polar surface area (TPSA) is 75.9 Å². The molecule has 3 aromatic rings. The number of halogens is 1. The standard InChI is InChI=1S/C24H26FN5O/c1-15(18-13-24(2)9-3-4-21(27-24)23(18)25)19-7-8-20(29-28-19)17-6-5-16(12-22(17)31)30-11-10-26-14-30/h5-8,10-12,14,18,21,23,27,31H,1,3-4,9,13H2,2H3/t18-,21-,23-,24+/m0/s1. The van der Waals surface area contributed by atoms with Gasteiger partial charge in [0.05, 0.1) is 23.4 Å². The van der Waals surface area contributed by atoms with Crippen molar-refractivity contribution < 1.29 is 9.50 Å². The molecule has 2 aliphatic rings. The highest BCUT2D eigenvalue weighted by atomic mass is 19.1. The zero-order valence-electron chi connectivity index (χ0n) is 17.5. The van der Waals surface area contributed by atoms with Crippen LogP contribution in [0.15, 0.2) is 55.6 Å². The van der Waals surface area contributed by atoms with E-state index in [0.717, 1.165) is 24.9 Å². The van der Waals surface area contributed by atoms with E-state index in [0.29, 0.717) is 28.9 Å². The van der Waals surface area contributed by atoms with Gasteiger partial charge in [-0.15, -0.1) is 5.10 Å². The SMILES string of the molecule is C=C(c1ccc(-c2ccc(-n3ccnc3)cc2O)nn1)[C@@H]1C[C@@]2(C)CCC[C@H](N2)[C@H]1F. The van der Waals surface area contributed by atoms with Gasteiger partial charge in [0, 0.05) is 41.5 Å². The van der Waals surface area contributed by atoms with Crippen molar-refractivity contribution >= 4 is 5.57 Å². The van der Waals surface area contributed by atoms with E-state index in [2.05, 4.69) is 34.0 Å². The summed E-state index contributed by atoms with van der Waals surface area (Å²) in [5.74, 6) is -0.158. The zero-order chi connectivity index (χ0) is 21.6. The number of imidazole rings is 1. The molecule has 0 saturated carbocycles. The molecule has 0 amide bonds. The predicted molar refractivity (Wildman–Crippen MR) is 117 cm³/mol. The van der Waals surface area contributed by atoms with Crippen LogP contribution in [0.4, 0.5) is 4.39 Å². The van der Waals surface area contributed by atoms with Crippen molar-refractivity contribution in [3.63, 3.8) is 0 Å². The number of nitrogens with one attached hydrogen (secondary N) is 1. The van der Waals surface area contributed by atoms with E-state index < -0.39 is 6.17 Å². The maximum atomic E-state index is 15.2. The first kappa shape index (κ1) is 19.9. The van der Waals surface area contributed by atoms with Gasteiger partial charge < -0.3 is 15.0 Å². The summed E-state index contributed by atoms with van der Waals surface area (Å²) in [5, 5.41) is 22.6. The van der Waals surface area contributed by atoms with Crippen molar-refractivity contribution in [2.24, 2.45) is 5.92 Å². The van der Waals surface area contributed by atoms with Gasteiger partial charge in [0.25, 0.3) is 0 Å². The number of aromatic nitrogens is 4. The molecule has 0 radical (unpaired) electrons. The van der Waals surface area contributed by atoms with Crippen molar-refractivity contribution in [2.45, 2.75) is 50.4 Å². The second-order valence-corrected chi connectivity index (χ2v) is 8.96. The van der Waals surface area contributed by atoms with E-state index >= 15 is 4.39 Å². The van der Waals surface area contributed by atoms with E-state index in [1.54, 1.807) is 30.7 Å². The highest BCUT2D eigenvalue weighted by Gasteiger charge is 2.46. The lowest BCUT2D eigenvalue weighted by Gasteiger charge is -2.49. The summed E-state index contributed by atoms with van der Waals surface area (Å²) in [4.78, 5) is 4.02. The fraction of sp³-hybridized carbons (Fsp3) is 0.375. The lowest BCUT2D eigenvalue weighted by molar-refractivity contribution is 0.0525. The Morgan fingerprint density at radius 3 is 2.87 bits per heavy atom. The monoisotopic (exact) mass is 419 g/mol. The largest absolute Gasteiger partial charge is 0.507 e. The summed E-state index contributed by atoms with van der Waals surface area (Å²) in [7, 11) is 0. The Hall–Kier alpha value is -3.06. The smallest absolute Gasteiger partial charge is 0.127 e. The summed E-state index contributed by atoms with van der Waals surface area (Å²) >= 11 is 0. The number of allylic oxidation sites excluding steroid dienone is 1. The first-order chi connectivity index (χ1) is 14.9. The lowest BCUT2D eigenvalue weighted by atomic mass is 9.69. The highest BCUT2D eigenvalue weighted by Crippen LogP contribution is 2.43. The Kier molecular flexibility index (Phi) is 4.85. The molecule has 2 bridgehead atoms. The maximum Gasteiger partial charge on any atom is 0.127 e. The first-order valence-corrected chi connectivity index (χ1v) is 10.7. The number of phenolic OH excluding ortho intramolecular Hbond substituents is 1. The molecule has 2 fully saturated rings. The number of alkyl halides is 1. The normalized spacial score (nSPS) is 27.7. The number of piperidine rings is 2. The molecular weight excluding hydrogens is 393 g/mol. The summed E-state index contributed by atoms with van der Waals surface area (Å²) in [6, 6.07) is 8.85. The Morgan fingerprint density at radius 2 is 2.16 bits per heavy atom. The van der Waals surface area contributed by atoms with Crippen molar-refractivity contribution in [1.82, 2.24) is 25.1 Å². The quantitative estimate of drug-likeness (QED) is 0.659. The Bertz CT molecular complexity index is 1100. The van der Waals surface area contributed by atoms with Crippen LogP contribution in [0.25, 0.3) is 22.5 Å². The molecule has 0 aliphatic carbocycles. The third-order valence-corrected chi connectivity index (χ3v) is 6.72. The fourth-order valence-corrected chi connectivity index (χ4v) is 5.04. The van der Waals surface area contributed by atoms with Gasteiger partial charge >= 0.3 is 0 Å². The van der Waals surface area contributed by atoms with Gasteiger partial charge in [-0.3, -0.25) is 0 Å². The van der Waals surface area contributed by atoms with Crippen LogP contribution in [0.3, 0.4) is 0 Å². The first-order valence-electron chi connectivity index (χ1n) is 10.7. The molecule has 4 atom stereocenters. The Balaban J connectivity index is 1.37. The molecule has 2 saturated heterocycles. The van der Waals surface area contributed by atoms with Gasteiger partial charge in [-0.25, -0.2) is 9.37 Å². The fourth-order valence-electron chi connectivity index (χ4n) is 5.04. The average Bonchev–Trinajstić information content (AvgIpc) is 3.31. The summed E-state index contributed by atoms with van der Waals surface area (Å²) in [6.45, 7) is 6.37. The molecule has 6 nitrogen and oxygen atoms in total. The molecule has 2 aliphatic heterocycles. The molecule has 2 aromatic heterocycles. The number of rotatable bonds is 4. The molecule has 1 aromatic carbocycles. The Morgan fingerprint density at radius 1 is 1.29 bits per heavy atom. The van der Waals surface area contributed by atoms with Crippen LogP contribution in [-0.4, -0.2) is 42.6 Å².